The summed E-state index contributed by atoms with van der Waals surface area (Å²) in [4.78, 5) is 20.6. The first-order chi connectivity index (χ1) is 9.43. The van der Waals surface area contributed by atoms with Crippen LogP contribution in [0.25, 0.3) is 0 Å². The smallest absolute Gasteiger partial charge is 0.353 e. The Bertz CT molecular complexity index is 524. The molecule has 1 aromatic heterocycles. The van der Waals surface area contributed by atoms with E-state index in [9.17, 15) is 18.0 Å². The normalized spacial score (nSPS) is 19.6. The van der Waals surface area contributed by atoms with Crippen LogP contribution in [0, 0.1) is 5.92 Å². The fourth-order valence-corrected chi connectivity index (χ4v) is 2.01. The van der Waals surface area contributed by atoms with Crippen molar-refractivity contribution in [2.45, 2.75) is 25.1 Å². The topological polar surface area (TPSA) is 58.1 Å². The van der Waals surface area contributed by atoms with Crippen LogP contribution in [-0.4, -0.2) is 35.0 Å². The van der Waals surface area contributed by atoms with E-state index in [4.69, 9.17) is 0 Å². The number of aromatic nitrogens is 2. The molecular weight excluding hydrogens is 273 g/mol. The van der Waals surface area contributed by atoms with Crippen LogP contribution in [0.5, 0.6) is 0 Å². The zero-order chi connectivity index (χ0) is 14.3. The van der Waals surface area contributed by atoms with Crippen molar-refractivity contribution in [3.05, 3.63) is 18.0 Å². The van der Waals surface area contributed by atoms with Crippen LogP contribution < -0.4 is 10.2 Å². The number of carbonyl (C=O) groups is 1. The Morgan fingerprint density at radius 3 is 2.65 bits per heavy atom. The molecule has 2 heterocycles. The summed E-state index contributed by atoms with van der Waals surface area (Å²) < 4.78 is 37.6. The van der Waals surface area contributed by atoms with Gasteiger partial charge in [-0.25, -0.2) is 9.97 Å². The van der Waals surface area contributed by atoms with E-state index in [1.165, 1.54) is 0 Å². The highest BCUT2D eigenvalue weighted by Gasteiger charge is 2.38. The Hall–Kier alpha value is -1.86. The van der Waals surface area contributed by atoms with Gasteiger partial charge in [-0.15, -0.1) is 0 Å². The Kier molecular flexibility index (Phi) is 3.02. The average Bonchev–Trinajstić information content (AvgIpc) is 3.10. The fourth-order valence-electron chi connectivity index (χ4n) is 2.01. The van der Waals surface area contributed by atoms with Crippen molar-refractivity contribution in [3.63, 3.8) is 0 Å². The van der Waals surface area contributed by atoms with E-state index < -0.39 is 11.9 Å². The number of amides is 1. The predicted molar refractivity (Wildman–Crippen MR) is 63.9 cm³/mol. The van der Waals surface area contributed by atoms with Crippen molar-refractivity contribution in [2.75, 3.05) is 18.0 Å². The Balaban J connectivity index is 1.60. The molecule has 5 nitrogen and oxygen atoms in total. The minimum Gasteiger partial charge on any atom is -0.353 e. The molecule has 2 fully saturated rings. The molecule has 108 valence electrons. The van der Waals surface area contributed by atoms with Crippen LogP contribution in [0.4, 0.5) is 19.1 Å². The molecule has 2 aliphatic rings. The first-order valence-corrected chi connectivity index (χ1v) is 6.39. The van der Waals surface area contributed by atoms with Crippen molar-refractivity contribution < 1.29 is 18.0 Å². The lowest BCUT2D eigenvalue weighted by molar-refractivity contribution is -0.141. The molecule has 1 aliphatic heterocycles. The molecule has 1 aliphatic carbocycles. The summed E-state index contributed by atoms with van der Waals surface area (Å²) in [5.41, 5.74) is -0.964. The molecule has 1 N–H and O–H groups in total. The van der Waals surface area contributed by atoms with E-state index in [1.54, 1.807) is 4.90 Å². The minimum absolute atomic E-state index is 0.0234. The number of nitrogens with zero attached hydrogens (tertiary/aromatic N) is 3. The molecule has 3 rings (SSSR count). The van der Waals surface area contributed by atoms with Gasteiger partial charge in [0.1, 0.15) is 5.69 Å². The second-order valence-electron chi connectivity index (χ2n) is 5.12. The van der Waals surface area contributed by atoms with Gasteiger partial charge in [0, 0.05) is 25.3 Å². The Morgan fingerprint density at radius 2 is 2.05 bits per heavy atom. The van der Waals surface area contributed by atoms with Crippen LogP contribution in [0.1, 0.15) is 18.5 Å². The highest BCUT2D eigenvalue weighted by Crippen LogP contribution is 2.30. The van der Waals surface area contributed by atoms with Gasteiger partial charge in [-0.2, -0.15) is 13.2 Å². The van der Waals surface area contributed by atoms with Crippen LogP contribution in [0.2, 0.25) is 0 Å². The van der Waals surface area contributed by atoms with E-state index >= 15 is 0 Å². The number of anilines is 1. The summed E-state index contributed by atoms with van der Waals surface area (Å²) in [7, 11) is 0. The Morgan fingerprint density at radius 1 is 1.35 bits per heavy atom. The third-order valence-corrected chi connectivity index (χ3v) is 3.39. The lowest BCUT2D eigenvalue weighted by Gasteiger charge is -2.38. The molecule has 20 heavy (non-hydrogen) atoms. The van der Waals surface area contributed by atoms with E-state index in [1.807, 2.05) is 0 Å². The second kappa shape index (κ2) is 4.60. The zero-order valence-electron chi connectivity index (χ0n) is 10.5. The van der Waals surface area contributed by atoms with Crippen LogP contribution in [0.15, 0.2) is 12.3 Å². The summed E-state index contributed by atoms with van der Waals surface area (Å²) in [6, 6.07) is 1.13. The molecule has 0 bridgehead atoms. The lowest BCUT2D eigenvalue weighted by Crippen LogP contribution is -2.54. The molecular formula is C12H13F3N4O. The summed E-state index contributed by atoms with van der Waals surface area (Å²) in [6.07, 6.45) is -1.37. The predicted octanol–water partition coefficient (Wildman–Crippen LogP) is 1.21. The number of alkyl halides is 3. The van der Waals surface area contributed by atoms with Crippen molar-refractivity contribution in [3.8, 4) is 0 Å². The largest absolute Gasteiger partial charge is 0.433 e. The zero-order valence-corrected chi connectivity index (χ0v) is 10.5. The molecule has 8 heteroatoms. The van der Waals surface area contributed by atoms with Crippen LogP contribution in [0.3, 0.4) is 0 Å². The molecule has 0 unspecified atom stereocenters. The van der Waals surface area contributed by atoms with E-state index in [2.05, 4.69) is 15.3 Å². The minimum atomic E-state index is -4.48. The first-order valence-electron chi connectivity index (χ1n) is 6.39. The molecule has 1 amide bonds. The van der Waals surface area contributed by atoms with E-state index in [0.717, 1.165) is 25.1 Å². The molecule has 0 radical (unpaired) electrons. The number of hydrogen-bond acceptors (Lipinski definition) is 4. The maximum atomic E-state index is 12.5. The van der Waals surface area contributed by atoms with Gasteiger partial charge >= 0.3 is 6.18 Å². The monoisotopic (exact) mass is 286 g/mol. The Labute approximate surface area is 113 Å². The molecule has 0 spiro atoms. The maximum Gasteiger partial charge on any atom is 0.433 e. The molecule has 1 saturated heterocycles. The van der Waals surface area contributed by atoms with Gasteiger partial charge in [-0.3, -0.25) is 4.79 Å². The quantitative estimate of drug-likeness (QED) is 0.907. The first kappa shape index (κ1) is 13.1. The molecule has 0 aromatic carbocycles. The highest BCUT2D eigenvalue weighted by molar-refractivity contribution is 5.82. The summed E-state index contributed by atoms with van der Waals surface area (Å²) in [5.74, 6) is -0.195. The van der Waals surface area contributed by atoms with E-state index in [-0.39, 0.29) is 17.8 Å². The molecule has 1 aromatic rings. The van der Waals surface area contributed by atoms with Crippen LogP contribution >= 0.6 is 0 Å². The fraction of sp³-hybridized carbons (Fsp3) is 0.583. The summed E-state index contributed by atoms with van der Waals surface area (Å²) in [6.45, 7) is 0.722. The standard InChI is InChI=1S/C12H13F3N4O/c13-12(14,15)9-3-4-16-11(18-9)19-5-7(6-19)10(20)17-8-1-2-8/h3-4,7-8H,1-2,5-6H2,(H,17,20). The van der Waals surface area contributed by atoms with Gasteiger partial charge in [0.15, 0.2) is 0 Å². The van der Waals surface area contributed by atoms with Crippen molar-refractivity contribution in [2.24, 2.45) is 5.92 Å². The number of nitrogens with one attached hydrogen (secondary N) is 1. The third kappa shape index (κ3) is 2.68. The number of hydrogen-bond donors (Lipinski definition) is 1. The maximum absolute atomic E-state index is 12.5. The number of halogens is 3. The number of rotatable bonds is 3. The number of carbonyl (C=O) groups excluding carboxylic acids is 1. The van der Waals surface area contributed by atoms with Crippen LogP contribution in [-0.2, 0) is 11.0 Å². The SMILES string of the molecule is O=C(NC1CC1)C1CN(c2nccc(C(F)(F)F)n2)C1. The van der Waals surface area contributed by atoms with Crippen molar-refractivity contribution in [1.82, 2.24) is 15.3 Å². The van der Waals surface area contributed by atoms with Gasteiger partial charge in [0.25, 0.3) is 0 Å². The third-order valence-electron chi connectivity index (χ3n) is 3.39. The average molecular weight is 286 g/mol. The molecule has 1 saturated carbocycles. The lowest BCUT2D eigenvalue weighted by atomic mass is 10.00. The van der Waals surface area contributed by atoms with E-state index in [0.29, 0.717) is 19.1 Å². The van der Waals surface area contributed by atoms with Gasteiger partial charge in [-0.1, -0.05) is 0 Å². The second-order valence-corrected chi connectivity index (χ2v) is 5.12. The molecule has 0 atom stereocenters. The van der Waals surface area contributed by atoms with Crippen molar-refractivity contribution >= 4 is 11.9 Å². The van der Waals surface area contributed by atoms with Gasteiger partial charge in [0.2, 0.25) is 11.9 Å². The van der Waals surface area contributed by atoms with Gasteiger partial charge < -0.3 is 10.2 Å². The highest BCUT2D eigenvalue weighted by atomic mass is 19.4. The van der Waals surface area contributed by atoms with Crippen molar-refractivity contribution in [1.29, 1.82) is 0 Å². The summed E-state index contributed by atoms with van der Waals surface area (Å²) >= 11 is 0. The van der Waals surface area contributed by atoms with Gasteiger partial charge in [-0.05, 0) is 18.9 Å². The van der Waals surface area contributed by atoms with Gasteiger partial charge in [0.05, 0.1) is 5.92 Å². The summed E-state index contributed by atoms with van der Waals surface area (Å²) in [5, 5.41) is 2.88.